The molecule has 4 rings (SSSR count). The number of aromatic nitrogens is 4. The van der Waals surface area contributed by atoms with Gasteiger partial charge < -0.3 is 5.11 Å². The van der Waals surface area contributed by atoms with Crippen molar-refractivity contribution < 1.29 is 5.11 Å². The van der Waals surface area contributed by atoms with E-state index < -0.39 is 0 Å². The topological polar surface area (TPSA) is 63.8 Å². The predicted octanol–water partition coefficient (Wildman–Crippen LogP) is 3.67. The van der Waals surface area contributed by atoms with E-state index in [0.717, 1.165) is 21.4 Å². The minimum atomic E-state index is 0.219. The van der Waals surface area contributed by atoms with E-state index in [-0.39, 0.29) is 5.75 Å². The summed E-state index contributed by atoms with van der Waals surface area (Å²) in [6, 6.07) is 21.2. The molecule has 3 aromatic carbocycles. The molecule has 0 bridgehead atoms. The van der Waals surface area contributed by atoms with Gasteiger partial charge in [-0.1, -0.05) is 48.5 Å². The highest BCUT2D eigenvalue weighted by Crippen LogP contribution is 2.39. The Morgan fingerprint density at radius 2 is 1.65 bits per heavy atom. The van der Waals surface area contributed by atoms with Gasteiger partial charge in [-0.3, -0.25) is 0 Å². The molecule has 0 saturated heterocycles. The van der Waals surface area contributed by atoms with Crippen molar-refractivity contribution in [2.24, 2.45) is 0 Å². The molecule has 0 aliphatic rings. The van der Waals surface area contributed by atoms with Crippen molar-refractivity contribution in [3.8, 4) is 11.4 Å². The summed E-state index contributed by atoms with van der Waals surface area (Å²) in [5.74, 6) is 0.219. The van der Waals surface area contributed by atoms with Gasteiger partial charge in [0.05, 0.1) is 10.6 Å². The number of benzene rings is 3. The second-order valence-corrected chi connectivity index (χ2v) is 5.92. The minimum absolute atomic E-state index is 0.219. The summed E-state index contributed by atoms with van der Waals surface area (Å²) in [4.78, 5) is 0.745. The lowest BCUT2D eigenvalue weighted by atomic mass is 10.1. The van der Waals surface area contributed by atoms with Crippen LogP contribution in [0.1, 0.15) is 0 Å². The third-order valence-electron chi connectivity index (χ3n) is 3.49. The number of tetrazole rings is 1. The monoisotopic (exact) mass is 320 g/mol. The van der Waals surface area contributed by atoms with Crippen LogP contribution < -0.4 is 0 Å². The average molecular weight is 320 g/mol. The summed E-state index contributed by atoms with van der Waals surface area (Å²) in [7, 11) is 0. The van der Waals surface area contributed by atoms with Crippen LogP contribution in [0.25, 0.3) is 16.5 Å². The van der Waals surface area contributed by atoms with Crippen LogP contribution >= 0.6 is 11.8 Å². The number of phenols is 1. The fraction of sp³-hybridized carbons (Fsp3) is 0. The molecule has 1 aromatic heterocycles. The van der Waals surface area contributed by atoms with Gasteiger partial charge in [0.1, 0.15) is 5.75 Å². The highest BCUT2D eigenvalue weighted by molar-refractivity contribution is 7.99. The zero-order valence-electron chi connectivity index (χ0n) is 12.0. The first-order valence-corrected chi connectivity index (χ1v) is 7.87. The zero-order valence-corrected chi connectivity index (χ0v) is 12.8. The van der Waals surface area contributed by atoms with Crippen molar-refractivity contribution in [3.63, 3.8) is 0 Å². The van der Waals surface area contributed by atoms with Gasteiger partial charge >= 0.3 is 0 Å². The molecule has 0 amide bonds. The van der Waals surface area contributed by atoms with Gasteiger partial charge in [-0.05, 0) is 51.2 Å². The smallest absolute Gasteiger partial charge is 0.219 e. The van der Waals surface area contributed by atoms with Crippen LogP contribution in [-0.2, 0) is 0 Å². The van der Waals surface area contributed by atoms with Crippen LogP contribution in [0.4, 0.5) is 0 Å². The Bertz CT molecular complexity index is 969. The molecule has 4 aromatic rings. The van der Waals surface area contributed by atoms with Gasteiger partial charge in [-0.25, -0.2) is 0 Å². The molecule has 0 spiro atoms. The maximum atomic E-state index is 10.3. The summed E-state index contributed by atoms with van der Waals surface area (Å²) >= 11 is 1.35. The van der Waals surface area contributed by atoms with Crippen molar-refractivity contribution in [2.75, 3.05) is 0 Å². The fourth-order valence-electron chi connectivity index (χ4n) is 2.40. The molecule has 5 nitrogen and oxygen atoms in total. The number of nitrogens with zero attached hydrogens (tertiary/aromatic N) is 4. The van der Waals surface area contributed by atoms with Gasteiger partial charge in [0.25, 0.3) is 0 Å². The van der Waals surface area contributed by atoms with Crippen LogP contribution in [-0.4, -0.2) is 25.3 Å². The molecule has 0 aliphatic heterocycles. The third-order valence-corrected chi connectivity index (χ3v) is 4.56. The van der Waals surface area contributed by atoms with Crippen molar-refractivity contribution in [2.45, 2.75) is 10.1 Å². The standard InChI is InChI=1S/C17H12N4OS/c22-15-11-10-12-6-4-5-9-14(12)16(15)23-17-18-19-20-21(17)13-7-2-1-3-8-13/h1-11,22H. The van der Waals surface area contributed by atoms with Gasteiger partial charge in [-0.15, -0.1) is 5.10 Å². The highest BCUT2D eigenvalue weighted by Gasteiger charge is 2.14. The molecule has 112 valence electrons. The molecule has 0 radical (unpaired) electrons. The Balaban J connectivity index is 1.81. The van der Waals surface area contributed by atoms with Gasteiger partial charge in [0.15, 0.2) is 0 Å². The molecule has 0 saturated carbocycles. The number of para-hydroxylation sites is 1. The number of aromatic hydroxyl groups is 1. The zero-order chi connectivity index (χ0) is 15.6. The van der Waals surface area contributed by atoms with E-state index in [9.17, 15) is 5.11 Å². The van der Waals surface area contributed by atoms with Crippen molar-refractivity contribution in [3.05, 3.63) is 66.7 Å². The van der Waals surface area contributed by atoms with E-state index in [0.29, 0.717) is 5.16 Å². The van der Waals surface area contributed by atoms with E-state index in [1.54, 1.807) is 10.7 Å². The van der Waals surface area contributed by atoms with Crippen LogP contribution in [0, 0.1) is 0 Å². The van der Waals surface area contributed by atoms with E-state index in [2.05, 4.69) is 15.5 Å². The van der Waals surface area contributed by atoms with Crippen LogP contribution in [0.5, 0.6) is 5.75 Å². The normalized spacial score (nSPS) is 11.0. The maximum absolute atomic E-state index is 10.3. The number of rotatable bonds is 3. The first-order valence-electron chi connectivity index (χ1n) is 7.05. The molecule has 23 heavy (non-hydrogen) atoms. The average Bonchev–Trinajstić information content (AvgIpc) is 3.06. The number of phenolic OH excluding ortho intramolecular Hbond substituents is 1. The van der Waals surface area contributed by atoms with E-state index in [1.165, 1.54) is 11.8 Å². The number of fused-ring (bicyclic) bond motifs is 1. The summed E-state index contributed by atoms with van der Waals surface area (Å²) < 4.78 is 1.66. The molecular weight excluding hydrogens is 308 g/mol. The van der Waals surface area contributed by atoms with Crippen molar-refractivity contribution >= 4 is 22.5 Å². The second kappa shape index (κ2) is 5.73. The first-order chi connectivity index (χ1) is 11.3. The summed E-state index contributed by atoms with van der Waals surface area (Å²) in [6.07, 6.45) is 0. The lowest BCUT2D eigenvalue weighted by molar-refractivity contribution is 0.464. The van der Waals surface area contributed by atoms with Crippen molar-refractivity contribution in [1.29, 1.82) is 0 Å². The Labute approximate surface area is 136 Å². The second-order valence-electron chi connectivity index (χ2n) is 4.95. The molecule has 6 heteroatoms. The molecular formula is C17H12N4OS. The van der Waals surface area contributed by atoms with Gasteiger partial charge in [-0.2, -0.15) is 4.68 Å². The minimum Gasteiger partial charge on any atom is -0.507 e. The third kappa shape index (κ3) is 2.53. The fourth-order valence-corrected chi connectivity index (χ4v) is 3.36. The van der Waals surface area contributed by atoms with Crippen molar-refractivity contribution in [1.82, 2.24) is 20.2 Å². The summed E-state index contributed by atoms with van der Waals surface area (Å²) in [6.45, 7) is 0. The number of hydrogen-bond acceptors (Lipinski definition) is 5. The lowest BCUT2D eigenvalue weighted by Crippen LogP contribution is -1.98. The Kier molecular flexibility index (Phi) is 3.44. The van der Waals surface area contributed by atoms with E-state index in [4.69, 9.17) is 0 Å². The van der Waals surface area contributed by atoms with Crippen LogP contribution in [0.15, 0.2) is 76.8 Å². The Morgan fingerprint density at radius 3 is 2.52 bits per heavy atom. The van der Waals surface area contributed by atoms with Gasteiger partial charge in [0.2, 0.25) is 5.16 Å². The van der Waals surface area contributed by atoms with Crippen LogP contribution in [0.3, 0.4) is 0 Å². The summed E-state index contributed by atoms with van der Waals surface area (Å²) in [5.41, 5.74) is 0.875. The molecule has 0 fully saturated rings. The highest BCUT2D eigenvalue weighted by atomic mass is 32.2. The predicted molar refractivity (Wildman–Crippen MR) is 88.9 cm³/mol. The summed E-state index contributed by atoms with van der Waals surface area (Å²) in [5, 5.41) is 24.8. The molecule has 1 heterocycles. The Hall–Kier alpha value is -2.86. The molecule has 0 aliphatic carbocycles. The molecule has 0 unspecified atom stereocenters. The van der Waals surface area contributed by atoms with E-state index >= 15 is 0 Å². The Morgan fingerprint density at radius 1 is 0.870 bits per heavy atom. The van der Waals surface area contributed by atoms with Crippen LogP contribution in [0.2, 0.25) is 0 Å². The maximum Gasteiger partial charge on any atom is 0.219 e. The van der Waals surface area contributed by atoms with Gasteiger partial charge in [0, 0.05) is 0 Å². The first kappa shape index (κ1) is 13.8. The lowest BCUT2D eigenvalue weighted by Gasteiger charge is -2.08. The largest absolute Gasteiger partial charge is 0.507 e. The van der Waals surface area contributed by atoms with E-state index in [1.807, 2.05) is 60.7 Å². The quantitative estimate of drug-likeness (QED) is 0.624. The molecule has 1 N–H and O–H groups in total. The SMILES string of the molecule is Oc1ccc2ccccc2c1Sc1nnnn1-c1ccccc1. The molecule has 0 atom stereocenters. The number of hydrogen-bond donors (Lipinski definition) is 1.